The summed E-state index contributed by atoms with van der Waals surface area (Å²) in [4.78, 5) is 34.6. The maximum absolute atomic E-state index is 13.1. The highest BCUT2D eigenvalue weighted by Gasteiger charge is 2.15. The third kappa shape index (κ3) is 5.64. The number of thioether (sulfide) groups is 1. The Balaban J connectivity index is 1.90. The minimum Gasteiger partial charge on any atom is -0.460 e. The van der Waals surface area contributed by atoms with Crippen molar-refractivity contribution in [2.24, 2.45) is 0 Å². The van der Waals surface area contributed by atoms with Gasteiger partial charge < -0.3 is 10.1 Å². The second-order valence-electron chi connectivity index (χ2n) is 4.65. The fraction of sp³-hybridized carbons (Fsp3) is 0.188. The summed E-state index contributed by atoms with van der Waals surface area (Å²) in [6.45, 7) is 1.75. The molecular formula is C16H14FN3O4S. The summed E-state index contributed by atoms with van der Waals surface area (Å²) < 4.78 is 17.7. The number of amides is 1. The molecule has 0 fully saturated rings. The molecule has 130 valence electrons. The molecule has 0 aliphatic heterocycles. The highest BCUT2D eigenvalue weighted by Crippen LogP contribution is 2.16. The number of carbonyl (C=O) groups excluding carboxylic acids is 3. The van der Waals surface area contributed by atoms with Crippen LogP contribution in [0.3, 0.4) is 0 Å². The van der Waals surface area contributed by atoms with E-state index in [0.717, 1.165) is 17.8 Å². The average molecular weight is 363 g/mol. The molecule has 0 radical (unpaired) electrons. The van der Waals surface area contributed by atoms with Crippen molar-refractivity contribution in [3.05, 3.63) is 47.8 Å². The molecule has 1 aromatic carbocycles. The predicted octanol–water partition coefficient (Wildman–Crippen LogP) is 2.09. The normalized spacial score (nSPS) is 10.2. The van der Waals surface area contributed by atoms with Crippen LogP contribution in [0.1, 0.15) is 17.3 Å². The molecule has 9 heteroatoms. The number of hydrogen-bond donors (Lipinski definition) is 1. The lowest BCUT2D eigenvalue weighted by Crippen LogP contribution is -2.19. The van der Waals surface area contributed by atoms with Crippen molar-refractivity contribution >= 4 is 35.2 Å². The number of esters is 1. The standard InChI is InChI=1S/C16H14FN3O4S/c1-2-24-16(23)12(21)9-25-14-7-6-13(19-20-14)18-15(22)10-4-3-5-11(17)8-10/h3-8H,2,9H2,1H3,(H,18,19,22). The molecule has 2 rings (SSSR count). The maximum atomic E-state index is 13.1. The van der Waals surface area contributed by atoms with E-state index in [1.54, 1.807) is 6.92 Å². The molecule has 1 heterocycles. The number of Topliss-reactive ketones (excluding diaryl/α,β-unsaturated/α-hetero) is 1. The summed E-state index contributed by atoms with van der Waals surface area (Å²) >= 11 is 1.02. The first kappa shape index (κ1) is 18.5. The van der Waals surface area contributed by atoms with Crippen LogP contribution in [0.15, 0.2) is 41.4 Å². The number of ether oxygens (including phenoxy) is 1. The van der Waals surface area contributed by atoms with Crippen molar-refractivity contribution in [2.75, 3.05) is 17.7 Å². The number of halogens is 1. The van der Waals surface area contributed by atoms with Crippen molar-refractivity contribution in [2.45, 2.75) is 11.9 Å². The van der Waals surface area contributed by atoms with Crippen molar-refractivity contribution in [1.82, 2.24) is 10.2 Å². The van der Waals surface area contributed by atoms with E-state index in [9.17, 15) is 18.8 Å². The zero-order valence-electron chi connectivity index (χ0n) is 13.2. The third-order valence-corrected chi connectivity index (χ3v) is 3.74. The zero-order valence-corrected chi connectivity index (χ0v) is 14.0. The van der Waals surface area contributed by atoms with Crippen LogP contribution in [-0.4, -0.2) is 40.2 Å². The van der Waals surface area contributed by atoms with E-state index in [4.69, 9.17) is 0 Å². The fourth-order valence-electron chi connectivity index (χ4n) is 1.69. The monoisotopic (exact) mass is 363 g/mol. The van der Waals surface area contributed by atoms with Gasteiger partial charge in [0.15, 0.2) is 5.82 Å². The molecular weight excluding hydrogens is 349 g/mol. The highest BCUT2D eigenvalue weighted by atomic mass is 32.2. The lowest BCUT2D eigenvalue weighted by Gasteiger charge is -2.05. The van der Waals surface area contributed by atoms with Gasteiger partial charge in [-0.3, -0.25) is 9.59 Å². The van der Waals surface area contributed by atoms with Gasteiger partial charge in [-0.2, -0.15) is 0 Å². The summed E-state index contributed by atoms with van der Waals surface area (Å²) in [5, 5.41) is 10.5. The van der Waals surface area contributed by atoms with Gasteiger partial charge in [-0.05, 0) is 37.3 Å². The summed E-state index contributed by atoms with van der Waals surface area (Å²) in [6, 6.07) is 8.26. The largest absolute Gasteiger partial charge is 0.460 e. The van der Waals surface area contributed by atoms with Gasteiger partial charge in [0.1, 0.15) is 10.8 Å². The Hall–Kier alpha value is -2.81. The summed E-state index contributed by atoms with van der Waals surface area (Å²) in [5.74, 6) is -2.54. The Labute approximate surface area is 147 Å². The number of rotatable bonds is 7. The first-order chi connectivity index (χ1) is 12.0. The SMILES string of the molecule is CCOC(=O)C(=O)CSc1ccc(NC(=O)c2cccc(F)c2)nn1. The van der Waals surface area contributed by atoms with E-state index < -0.39 is 23.5 Å². The van der Waals surface area contributed by atoms with Crippen LogP contribution in [0.2, 0.25) is 0 Å². The van der Waals surface area contributed by atoms with E-state index >= 15 is 0 Å². The number of hydrogen-bond acceptors (Lipinski definition) is 7. The van der Waals surface area contributed by atoms with Crippen molar-refractivity contribution in [3.63, 3.8) is 0 Å². The van der Waals surface area contributed by atoms with E-state index in [-0.39, 0.29) is 23.7 Å². The van der Waals surface area contributed by atoms with Gasteiger partial charge in [0, 0.05) is 5.56 Å². The van der Waals surface area contributed by atoms with Crippen molar-refractivity contribution < 1.29 is 23.5 Å². The molecule has 2 aromatic rings. The highest BCUT2D eigenvalue weighted by molar-refractivity contribution is 8.00. The van der Waals surface area contributed by atoms with Crippen LogP contribution < -0.4 is 5.32 Å². The average Bonchev–Trinajstić information content (AvgIpc) is 2.61. The van der Waals surface area contributed by atoms with Gasteiger partial charge in [-0.15, -0.1) is 10.2 Å². The summed E-state index contributed by atoms with van der Waals surface area (Å²) in [5.41, 5.74) is 0.153. The molecule has 0 saturated heterocycles. The molecule has 0 bridgehead atoms. The molecule has 0 aliphatic rings. The molecule has 0 saturated carbocycles. The summed E-state index contributed by atoms with van der Waals surface area (Å²) in [7, 11) is 0. The smallest absolute Gasteiger partial charge is 0.375 e. The minimum absolute atomic E-state index is 0.123. The number of nitrogens with one attached hydrogen (secondary N) is 1. The molecule has 0 atom stereocenters. The maximum Gasteiger partial charge on any atom is 0.375 e. The Morgan fingerprint density at radius 2 is 2.00 bits per heavy atom. The second kappa shape index (κ2) is 8.88. The molecule has 7 nitrogen and oxygen atoms in total. The van der Waals surface area contributed by atoms with Crippen molar-refractivity contribution in [3.8, 4) is 0 Å². The Kier molecular flexibility index (Phi) is 6.58. The van der Waals surface area contributed by atoms with E-state index in [0.29, 0.717) is 5.03 Å². The van der Waals surface area contributed by atoms with Crippen LogP contribution in [0.4, 0.5) is 10.2 Å². The molecule has 1 N–H and O–H groups in total. The lowest BCUT2D eigenvalue weighted by molar-refractivity contribution is -0.152. The predicted molar refractivity (Wildman–Crippen MR) is 88.7 cm³/mol. The van der Waals surface area contributed by atoms with Gasteiger partial charge >= 0.3 is 5.97 Å². The van der Waals surface area contributed by atoms with Crippen LogP contribution in [0, 0.1) is 5.82 Å². The molecule has 1 aromatic heterocycles. The number of nitrogens with zero attached hydrogens (tertiary/aromatic N) is 2. The third-order valence-electron chi connectivity index (χ3n) is 2.82. The number of ketones is 1. The van der Waals surface area contributed by atoms with Crippen LogP contribution in [0.25, 0.3) is 0 Å². The van der Waals surface area contributed by atoms with E-state index in [1.165, 1.54) is 30.3 Å². The lowest BCUT2D eigenvalue weighted by atomic mass is 10.2. The van der Waals surface area contributed by atoms with E-state index in [1.807, 2.05) is 0 Å². The Bertz CT molecular complexity index is 783. The van der Waals surface area contributed by atoms with Gasteiger partial charge in [-0.25, -0.2) is 9.18 Å². The second-order valence-corrected chi connectivity index (χ2v) is 5.65. The first-order valence-corrected chi connectivity index (χ1v) is 8.21. The van der Waals surface area contributed by atoms with Crippen LogP contribution in [-0.2, 0) is 14.3 Å². The number of carbonyl (C=O) groups is 3. The molecule has 1 amide bonds. The first-order valence-electron chi connectivity index (χ1n) is 7.23. The minimum atomic E-state index is -0.887. The van der Waals surface area contributed by atoms with E-state index in [2.05, 4.69) is 20.3 Å². The van der Waals surface area contributed by atoms with Gasteiger partial charge in [0.25, 0.3) is 5.91 Å². The number of benzene rings is 1. The van der Waals surface area contributed by atoms with Crippen LogP contribution in [0.5, 0.6) is 0 Å². The summed E-state index contributed by atoms with van der Waals surface area (Å²) in [6.07, 6.45) is 0. The molecule has 0 aliphatic carbocycles. The number of aromatic nitrogens is 2. The van der Waals surface area contributed by atoms with Gasteiger partial charge in [-0.1, -0.05) is 17.8 Å². The molecule has 25 heavy (non-hydrogen) atoms. The Morgan fingerprint density at radius 1 is 1.20 bits per heavy atom. The topological polar surface area (TPSA) is 98.2 Å². The quantitative estimate of drug-likeness (QED) is 0.457. The van der Waals surface area contributed by atoms with Crippen molar-refractivity contribution in [1.29, 1.82) is 0 Å². The van der Waals surface area contributed by atoms with Gasteiger partial charge in [0.05, 0.1) is 12.4 Å². The Morgan fingerprint density at radius 3 is 2.64 bits per heavy atom. The number of anilines is 1. The molecule has 0 unspecified atom stereocenters. The van der Waals surface area contributed by atoms with Crippen LogP contribution >= 0.6 is 11.8 Å². The molecule has 0 spiro atoms. The zero-order chi connectivity index (χ0) is 18.2. The fourth-order valence-corrected chi connectivity index (χ4v) is 2.35. The van der Waals surface area contributed by atoms with Gasteiger partial charge in [0.2, 0.25) is 5.78 Å².